The van der Waals surface area contributed by atoms with Crippen LogP contribution >= 0.6 is 0 Å². The molecule has 3 heterocycles. The molecule has 1 aliphatic heterocycles. The molecule has 0 spiro atoms. The Labute approximate surface area is 259 Å². The maximum atomic E-state index is 15.7. The molecule has 44 heavy (non-hydrogen) atoms. The van der Waals surface area contributed by atoms with Gasteiger partial charge in [-0.3, -0.25) is 19.9 Å². The lowest BCUT2D eigenvalue weighted by atomic mass is 9.66. The molecule has 1 saturated heterocycles. The number of hydrogen-bond donors (Lipinski definition) is 3. The van der Waals surface area contributed by atoms with Crippen molar-refractivity contribution in [3.8, 4) is 17.1 Å². The summed E-state index contributed by atoms with van der Waals surface area (Å²) in [6, 6.07) is 13.0. The lowest BCUT2D eigenvalue weighted by Crippen LogP contribution is -2.58. The number of methoxy groups -OCH3 is 2. The summed E-state index contributed by atoms with van der Waals surface area (Å²) in [6.45, 7) is 9.51. The van der Waals surface area contributed by atoms with Crippen LogP contribution < -0.4 is 20.7 Å². The fourth-order valence-corrected chi connectivity index (χ4v) is 5.81. The minimum Gasteiger partial charge on any atom is -0.481 e. The van der Waals surface area contributed by atoms with Crippen LogP contribution in [0.25, 0.3) is 11.3 Å². The lowest BCUT2D eigenvalue weighted by Gasteiger charge is -2.39. The molecule has 0 saturated carbocycles. The van der Waals surface area contributed by atoms with Crippen molar-refractivity contribution in [3.05, 3.63) is 76.9 Å². The number of carbonyl (C=O) groups is 2. The maximum absolute atomic E-state index is 15.7. The average Bonchev–Trinajstić information content (AvgIpc) is 3.02. The number of benzene rings is 1. The molecule has 0 radical (unpaired) electrons. The van der Waals surface area contributed by atoms with Gasteiger partial charge in [0.15, 0.2) is 0 Å². The summed E-state index contributed by atoms with van der Waals surface area (Å²) in [7, 11) is 3.19. The fraction of sp³-hybridized carbons (Fsp3) is 0.471. The highest BCUT2D eigenvalue weighted by atomic mass is 19.1. The number of aryl methyl sites for hydroxylation is 2. The quantitative estimate of drug-likeness (QED) is 0.283. The van der Waals surface area contributed by atoms with Crippen LogP contribution in [0.3, 0.4) is 0 Å². The molecule has 2 amide bonds. The summed E-state index contributed by atoms with van der Waals surface area (Å²) >= 11 is 0. The average molecular weight is 606 g/mol. The van der Waals surface area contributed by atoms with E-state index in [1.165, 1.54) is 0 Å². The molecule has 10 heteroatoms. The maximum Gasteiger partial charge on any atom is 0.245 e. The van der Waals surface area contributed by atoms with Crippen molar-refractivity contribution in [3.63, 3.8) is 0 Å². The standard InChI is InChI=1S/C34H44FN5O4/c1-21-17-27(39-29(18-21)44-6)24-9-7-23(8-10-24)19-26(25(12-16-43-5)31-30(35)22(2)11-13-38-31)34(3,4)33(42)40-32(41)28-20-36-14-15-37-28/h7-11,13,17-18,25-26,28,36-37H,12,14-16,19-20H2,1-6H3,(H,40,41,42)/t25-,26-,28-/m1/s1. The zero-order chi connectivity index (χ0) is 31.9. The summed E-state index contributed by atoms with van der Waals surface area (Å²) in [6.07, 6.45) is 2.48. The second-order valence-corrected chi connectivity index (χ2v) is 12.0. The zero-order valence-corrected chi connectivity index (χ0v) is 26.5. The predicted octanol–water partition coefficient (Wildman–Crippen LogP) is 4.12. The van der Waals surface area contributed by atoms with Crippen LogP contribution in [0.5, 0.6) is 5.88 Å². The molecular weight excluding hydrogens is 561 g/mol. The van der Waals surface area contributed by atoms with Gasteiger partial charge in [0, 0.05) is 62.5 Å². The Balaban J connectivity index is 1.70. The Morgan fingerprint density at radius 3 is 2.52 bits per heavy atom. The van der Waals surface area contributed by atoms with E-state index in [0.717, 1.165) is 28.9 Å². The molecule has 1 aliphatic rings. The number of nitrogens with zero attached hydrogens (tertiary/aromatic N) is 2. The van der Waals surface area contributed by atoms with E-state index in [4.69, 9.17) is 9.47 Å². The van der Waals surface area contributed by atoms with Crippen molar-refractivity contribution in [1.29, 1.82) is 0 Å². The normalized spacial score (nSPS) is 16.7. The van der Waals surface area contributed by atoms with Gasteiger partial charge in [-0.15, -0.1) is 0 Å². The Morgan fingerprint density at radius 2 is 1.86 bits per heavy atom. The zero-order valence-electron chi connectivity index (χ0n) is 26.5. The monoisotopic (exact) mass is 605 g/mol. The molecule has 3 N–H and O–H groups in total. The number of halogens is 1. The van der Waals surface area contributed by atoms with Crippen LogP contribution in [-0.4, -0.2) is 68.3 Å². The number of amides is 2. The predicted molar refractivity (Wildman–Crippen MR) is 168 cm³/mol. The number of rotatable bonds is 12. The van der Waals surface area contributed by atoms with E-state index in [-0.39, 0.29) is 5.91 Å². The van der Waals surface area contributed by atoms with Crippen LogP contribution in [0.4, 0.5) is 4.39 Å². The smallest absolute Gasteiger partial charge is 0.245 e. The molecule has 236 valence electrons. The summed E-state index contributed by atoms with van der Waals surface area (Å²) < 4.78 is 26.5. The molecular formula is C34H44FN5O4. The number of pyridine rings is 2. The lowest BCUT2D eigenvalue weighted by molar-refractivity contribution is -0.139. The first kappa shape index (κ1) is 33.2. The first-order valence-electron chi connectivity index (χ1n) is 15.1. The molecule has 1 fully saturated rings. The van der Waals surface area contributed by atoms with E-state index in [2.05, 4.69) is 25.9 Å². The van der Waals surface area contributed by atoms with Crippen molar-refractivity contribution in [2.45, 2.75) is 52.5 Å². The van der Waals surface area contributed by atoms with Crippen LogP contribution in [0.2, 0.25) is 0 Å². The van der Waals surface area contributed by atoms with Gasteiger partial charge in [-0.25, -0.2) is 9.37 Å². The van der Waals surface area contributed by atoms with Gasteiger partial charge in [0.25, 0.3) is 0 Å². The van der Waals surface area contributed by atoms with Gasteiger partial charge in [0.05, 0.1) is 24.5 Å². The molecule has 3 atom stereocenters. The van der Waals surface area contributed by atoms with Crippen molar-refractivity contribution in [2.75, 3.05) is 40.5 Å². The summed E-state index contributed by atoms with van der Waals surface area (Å²) in [4.78, 5) is 36.0. The highest BCUT2D eigenvalue weighted by Gasteiger charge is 2.44. The van der Waals surface area contributed by atoms with E-state index in [9.17, 15) is 9.59 Å². The Bertz CT molecular complexity index is 1440. The van der Waals surface area contributed by atoms with E-state index in [0.29, 0.717) is 49.7 Å². The number of ether oxygens (including phenoxy) is 2. The number of nitrogens with one attached hydrogen (secondary N) is 3. The summed E-state index contributed by atoms with van der Waals surface area (Å²) in [5, 5.41) is 8.97. The fourth-order valence-electron chi connectivity index (χ4n) is 5.81. The molecule has 0 unspecified atom stereocenters. The van der Waals surface area contributed by atoms with Gasteiger partial charge in [0.2, 0.25) is 17.7 Å². The molecule has 0 aliphatic carbocycles. The SMILES string of the molecule is COCC[C@@H](c1nccc(C)c1F)[C@@H](Cc1ccc(-c2cc(C)cc(OC)n2)cc1)C(C)(C)C(=O)NC(=O)[C@H]1CNCCN1. The Morgan fingerprint density at radius 1 is 1.11 bits per heavy atom. The third-order valence-corrected chi connectivity index (χ3v) is 8.55. The molecule has 3 aromatic rings. The van der Waals surface area contributed by atoms with Gasteiger partial charge in [-0.2, -0.15) is 0 Å². The molecule has 4 rings (SSSR count). The van der Waals surface area contributed by atoms with Gasteiger partial charge in [-0.05, 0) is 61.4 Å². The van der Waals surface area contributed by atoms with Gasteiger partial charge >= 0.3 is 0 Å². The largest absolute Gasteiger partial charge is 0.481 e. The van der Waals surface area contributed by atoms with Gasteiger partial charge < -0.3 is 20.1 Å². The molecule has 2 aromatic heterocycles. The minimum absolute atomic E-state index is 0.296. The molecule has 1 aromatic carbocycles. The molecule has 9 nitrogen and oxygen atoms in total. The van der Waals surface area contributed by atoms with Gasteiger partial charge in [0.1, 0.15) is 5.82 Å². The Kier molecular flexibility index (Phi) is 11.2. The second kappa shape index (κ2) is 14.8. The van der Waals surface area contributed by atoms with E-state index >= 15 is 4.39 Å². The van der Waals surface area contributed by atoms with Crippen LogP contribution in [0.15, 0.2) is 48.7 Å². The van der Waals surface area contributed by atoms with Crippen molar-refractivity contribution < 1.29 is 23.5 Å². The van der Waals surface area contributed by atoms with Crippen LogP contribution in [0, 0.1) is 31.0 Å². The molecule has 0 bridgehead atoms. The van der Waals surface area contributed by atoms with Crippen LogP contribution in [-0.2, 0) is 20.7 Å². The number of piperazine rings is 1. The van der Waals surface area contributed by atoms with Crippen molar-refractivity contribution in [1.82, 2.24) is 25.9 Å². The topological polar surface area (TPSA) is 114 Å². The number of hydrogen-bond acceptors (Lipinski definition) is 8. The summed E-state index contributed by atoms with van der Waals surface area (Å²) in [5.41, 5.74) is 3.40. The first-order chi connectivity index (χ1) is 21.0. The number of imide groups is 1. The highest BCUT2D eigenvalue weighted by Crippen LogP contribution is 2.43. The van der Waals surface area contributed by atoms with Crippen LogP contribution in [0.1, 0.15) is 48.6 Å². The number of carbonyl (C=O) groups excluding carboxylic acids is 2. The van der Waals surface area contributed by atoms with E-state index in [1.54, 1.807) is 33.4 Å². The van der Waals surface area contributed by atoms with Gasteiger partial charge in [-0.1, -0.05) is 38.1 Å². The highest BCUT2D eigenvalue weighted by molar-refractivity contribution is 6.00. The minimum atomic E-state index is -1.09. The van der Waals surface area contributed by atoms with E-state index < -0.39 is 35.0 Å². The van der Waals surface area contributed by atoms with Crippen molar-refractivity contribution in [2.24, 2.45) is 11.3 Å². The van der Waals surface area contributed by atoms with E-state index in [1.807, 2.05) is 57.2 Å². The Hall–Kier alpha value is -3.73. The number of aromatic nitrogens is 2. The second-order valence-electron chi connectivity index (χ2n) is 12.0. The van der Waals surface area contributed by atoms with Crippen molar-refractivity contribution >= 4 is 11.8 Å². The first-order valence-corrected chi connectivity index (χ1v) is 15.1. The summed E-state index contributed by atoms with van der Waals surface area (Å²) in [5.74, 6) is -1.55. The third-order valence-electron chi connectivity index (χ3n) is 8.55. The third kappa shape index (κ3) is 7.85.